The predicted molar refractivity (Wildman–Crippen MR) is 185 cm³/mol. The molecular weight excluding hydrogens is 694 g/mol. The van der Waals surface area contributed by atoms with Gasteiger partial charge in [-0.05, 0) is 71.3 Å². The zero-order valence-corrected chi connectivity index (χ0v) is 29.0. The highest BCUT2D eigenvalue weighted by molar-refractivity contribution is 7.92. The summed E-state index contributed by atoms with van der Waals surface area (Å²) in [6.45, 7) is 5.81. The number of methoxy groups -OCH3 is 1. The van der Waals surface area contributed by atoms with Crippen molar-refractivity contribution in [3.8, 4) is 46.0 Å². The van der Waals surface area contributed by atoms with Gasteiger partial charge in [0.05, 0.1) is 7.11 Å². The molecule has 0 radical (unpaired) electrons. The highest BCUT2D eigenvalue weighted by Gasteiger charge is 2.28. The van der Waals surface area contributed by atoms with Crippen LogP contribution in [0, 0.1) is 0 Å². The molecule has 5 aromatic heterocycles. The van der Waals surface area contributed by atoms with Gasteiger partial charge in [-0.25, -0.2) is 29.7 Å². The van der Waals surface area contributed by atoms with Crippen LogP contribution in [0.25, 0.3) is 22.9 Å². The Morgan fingerprint density at radius 3 is 2.44 bits per heavy atom. The summed E-state index contributed by atoms with van der Waals surface area (Å²) >= 11 is 0. The highest BCUT2D eigenvalue weighted by atomic mass is 32.2. The number of carbonyl (C=O) groups is 1. The minimum Gasteiger partial charge on any atom is -0.493 e. The van der Waals surface area contributed by atoms with Crippen molar-refractivity contribution in [3.63, 3.8) is 0 Å². The third-order valence-electron chi connectivity index (χ3n) is 7.31. The first-order valence-electron chi connectivity index (χ1n) is 15.7. The molecule has 5 heterocycles. The molecule has 1 amide bonds. The second-order valence-electron chi connectivity index (χ2n) is 11.0. The number of tetrazole rings is 1. The molecule has 0 aliphatic carbocycles. The van der Waals surface area contributed by atoms with Crippen LogP contribution in [0.5, 0.6) is 23.1 Å². The van der Waals surface area contributed by atoms with Crippen LogP contribution in [-0.2, 0) is 14.9 Å². The van der Waals surface area contributed by atoms with E-state index in [2.05, 4.69) is 50.3 Å². The maximum atomic E-state index is 13.8. The van der Waals surface area contributed by atoms with Gasteiger partial charge in [0.25, 0.3) is 10.0 Å². The van der Waals surface area contributed by atoms with Crippen LogP contribution in [0.2, 0.25) is 0 Å². The van der Waals surface area contributed by atoms with Crippen molar-refractivity contribution >= 4 is 27.8 Å². The van der Waals surface area contributed by atoms with Crippen LogP contribution in [0.4, 0.5) is 16.4 Å². The Morgan fingerprint density at radius 2 is 1.77 bits per heavy atom. The number of amides is 1. The van der Waals surface area contributed by atoms with E-state index in [1.54, 1.807) is 67.6 Å². The number of ether oxygens (including phenoxy) is 2. The van der Waals surface area contributed by atoms with Gasteiger partial charge in [0.15, 0.2) is 34.0 Å². The smallest absolute Gasteiger partial charge is 0.458 e. The van der Waals surface area contributed by atoms with Gasteiger partial charge in [-0.2, -0.15) is 13.4 Å². The summed E-state index contributed by atoms with van der Waals surface area (Å²) in [5.74, 6) is -0.284. The van der Waals surface area contributed by atoms with Gasteiger partial charge in [-0.3, -0.25) is 19.5 Å². The summed E-state index contributed by atoms with van der Waals surface area (Å²) in [7, 11) is -2.99. The van der Waals surface area contributed by atoms with Gasteiger partial charge >= 0.3 is 12.0 Å². The van der Waals surface area contributed by atoms with Gasteiger partial charge in [0.1, 0.15) is 11.5 Å². The lowest BCUT2D eigenvalue weighted by atomic mass is 10.1. The zero-order chi connectivity index (χ0) is 36.7. The van der Waals surface area contributed by atoms with E-state index < -0.39 is 27.8 Å². The van der Waals surface area contributed by atoms with E-state index in [4.69, 9.17) is 19.2 Å². The van der Waals surface area contributed by atoms with Crippen molar-refractivity contribution in [3.05, 3.63) is 90.9 Å². The number of aromatic amines is 1. The number of hydrogen-bond donors (Lipinski definition) is 2. The molecule has 6 rings (SSSR count). The van der Waals surface area contributed by atoms with Crippen LogP contribution in [0.15, 0.2) is 90.3 Å². The van der Waals surface area contributed by atoms with E-state index in [9.17, 15) is 13.2 Å². The van der Waals surface area contributed by atoms with Gasteiger partial charge in [-0.1, -0.05) is 38.1 Å². The summed E-state index contributed by atoms with van der Waals surface area (Å²) < 4.78 is 41.8. The number of aromatic nitrogens is 9. The molecule has 6 aromatic rings. The van der Waals surface area contributed by atoms with Gasteiger partial charge < -0.3 is 9.47 Å². The number of rotatable bonds is 13. The minimum atomic E-state index is -4.42. The van der Waals surface area contributed by atoms with E-state index in [0.717, 1.165) is 5.56 Å². The van der Waals surface area contributed by atoms with E-state index >= 15 is 0 Å². The summed E-state index contributed by atoms with van der Waals surface area (Å²) in [5.41, 5.74) is 1.48. The third kappa shape index (κ3) is 7.83. The van der Waals surface area contributed by atoms with Crippen LogP contribution < -0.4 is 24.0 Å². The average molecular weight is 726 g/mol. The van der Waals surface area contributed by atoms with E-state index in [1.165, 1.54) is 36.7 Å². The first kappa shape index (κ1) is 35.1. The maximum Gasteiger partial charge on any atom is 0.458 e. The Bertz CT molecular complexity index is 2260. The quantitative estimate of drug-likeness (QED) is 0.115. The molecule has 52 heavy (non-hydrogen) atoms. The maximum absolute atomic E-state index is 13.8. The van der Waals surface area contributed by atoms with Gasteiger partial charge in [0, 0.05) is 30.7 Å². The number of nitrogens with zero attached hydrogens (tertiary/aromatic N) is 9. The SMILES string of the molecule is CCN(C(=O)OOc1nc(-c2ccnc(-c3nnn[nH]3)c2)nc(NS(=O)(=O)c2ccc(C(C)C)cn2)c1Oc1ccccc1OC)c1ccccn1. The molecule has 0 spiro atoms. The van der Waals surface area contributed by atoms with E-state index in [-0.39, 0.29) is 46.4 Å². The number of pyridine rings is 3. The predicted octanol–water partition coefficient (Wildman–Crippen LogP) is 5.19. The van der Waals surface area contributed by atoms with Crippen molar-refractivity contribution in [1.29, 1.82) is 0 Å². The fourth-order valence-electron chi connectivity index (χ4n) is 4.65. The first-order chi connectivity index (χ1) is 25.2. The van der Waals surface area contributed by atoms with Crippen LogP contribution in [-0.4, -0.2) is 73.7 Å². The Hall–Kier alpha value is -6.76. The molecule has 0 saturated heterocycles. The molecule has 0 aliphatic rings. The van der Waals surface area contributed by atoms with Crippen LogP contribution >= 0.6 is 0 Å². The minimum absolute atomic E-state index is 0.0903. The summed E-state index contributed by atoms with van der Waals surface area (Å²) in [4.78, 5) is 47.0. The van der Waals surface area contributed by atoms with Crippen molar-refractivity contribution in [2.24, 2.45) is 0 Å². The lowest BCUT2D eigenvalue weighted by Crippen LogP contribution is -2.33. The highest BCUT2D eigenvalue weighted by Crippen LogP contribution is 2.42. The number of hydrogen-bond acceptors (Lipinski definition) is 15. The van der Waals surface area contributed by atoms with Crippen molar-refractivity contribution in [1.82, 2.24) is 45.5 Å². The molecule has 19 heteroatoms. The first-order valence-corrected chi connectivity index (χ1v) is 17.1. The lowest BCUT2D eigenvalue weighted by molar-refractivity contribution is -0.144. The molecule has 0 atom stereocenters. The number of H-pyrrole nitrogens is 1. The molecule has 0 saturated carbocycles. The Kier molecular flexibility index (Phi) is 10.4. The molecule has 1 aromatic carbocycles. The molecule has 0 fully saturated rings. The number of nitrogens with one attached hydrogen (secondary N) is 2. The second-order valence-corrected chi connectivity index (χ2v) is 12.6. The fraction of sp³-hybridized carbons (Fsp3) is 0.182. The lowest BCUT2D eigenvalue weighted by Gasteiger charge is -2.19. The van der Waals surface area contributed by atoms with E-state index in [1.807, 2.05) is 13.8 Å². The largest absolute Gasteiger partial charge is 0.493 e. The van der Waals surface area contributed by atoms with Crippen LogP contribution in [0.1, 0.15) is 32.3 Å². The molecule has 266 valence electrons. The fourth-order valence-corrected chi connectivity index (χ4v) is 5.58. The topological polar surface area (TPSA) is 222 Å². The molecular formula is C33H31N11O7S. The summed E-state index contributed by atoms with van der Waals surface area (Å²) in [6, 6.07) is 17.7. The van der Waals surface area contributed by atoms with Gasteiger partial charge in [0.2, 0.25) is 5.75 Å². The van der Waals surface area contributed by atoms with Crippen molar-refractivity contribution in [2.75, 3.05) is 23.3 Å². The van der Waals surface area contributed by atoms with Crippen LogP contribution in [0.3, 0.4) is 0 Å². The molecule has 0 aliphatic heterocycles. The number of anilines is 2. The zero-order valence-electron chi connectivity index (χ0n) is 28.2. The molecule has 18 nitrogen and oxygen atoms in total. The Morgan fingerprint density at radius 1 is 0.962 bits per heavy atom. The second kappa shape index (κ2) is 15.4. The summed E-state index contributed by atoms with van der Waals surface area (Å²) in [5, 5.41) is 13.4. The number of sulfonamides is 1. The summed E-state index contributed by atoms with van der Waals surface area (Å²) in [6.07, 6.45) is 3.49. The molecule has 2 N–H and O–H groups in total. The van der Waals surface area contributed by atoms with Gasteiger partial charge in [-0.15, -0.1) is 5.10 Å². The number of para-hydroxylation sites is 2. The monoisotopic (exact) mass is 725 g/mol. The molecule has 0 unspecified atom stereocenters. The molecule has 0 bridgehead atoms. The average Bonchev–Trinajstić information content (AvgIpc) is 3.71. The normalized spacial score (nSPS) is 11.2. The Balaban J connectivity index is 1.48. The van der Waals surface area contributed by atoms with Crippen molar-refractivity contribution in [2.45, 2.75) is 31.7 Å². The van der Waals surface area contributed by atoms with Crippen molar-refractivity contribution < 1.29 is 32.5 Å². The third-order valence-corrected chi connectivity index (χ3v) is 8.56. The standard InChI is InChI=1S/C33H31N11O7S/c1-5-44(26-12-8-9-16-35-26)33(45)51-50-32-28(49-25-11-7-6-10-24(25)48-4)31(41-52(46,47)27-14-13-22(19-36-27)20(2)3)37-29(38-32)21-15-17-34-23(18-21)30-39-42-43-40-30/h6-20H,5H2,1-4H3,(H,37,38,41)(H,39,40,42,43). The van der Waals surface area contributed by atoms with E-state index in [0.29, 0.717) is 17.1 Å². The Labute approximate surface area is 297 Å². The number of benzene rings is 1. The number of carbonyl (C=O) groups excluding carboxylic acids is 1.